The van der Waals surface area contributed by atoms with Crippen LogP contribution in [0.25, 0.3) is 0 Å². The molecule has 2 aliphatic heterocycles. The Morgan fingerprint density at radius 1 is 1.30 bits per heavy atom. The summed E-state index contributed by atoms with van der Waals surface area (Å²) < 4.78 is 1.64. The molecule has 0 bridgehead atoms. The summed E-state index contributed by atoms with van der Waals surface area (Å²) in [7, 11) is 1.79. The fourth-order valence-corrected chi connectivity index (χ4v) is 4.54. The summed E-state index contributed by atoms with van der Waals surface area (Å²) in [5, 5.41) is 10.5. The quantitative estimate of drug-likeness (QED) is 0.871. The van der Waals surface area contributed by atoms with Crippen LogP contribution in [0.5, 0.6) is 0 Å². The van der Waals surface area contributed by atoms with E-state index < -0.39 is 0 Å². The third kappa shape index (κ3) is 3.89. The van der Waals surface area contributed by atoms with E-state index in [0.29, 0.717) is 13.1 Å². The van der Waals surface area contributed by atoms with Crippen LogP contribution in [0.1, 0.15) is 24.8 Å². The highest BCUT2D eigenvalue weighted by molar-refractivity contribution is 5.37. The lowest BCUT2D eigenvalue weighted by Crippen LogP contribution is -2.54. The van der Waals surface area contributed by atoms with Gasteiger partial charge in [-0.1, -0.05) is 6.07 Å². The second-order valence-electron chi connectivity index (χ2n) is 8.03. The minimum absolute atomic E-state index is 0.0831. The maximum Gasteiger partial charge on any atom is 0.254 e. The molecule has 0 aromatic carbocycles. The van der Waals surface area contributed by atoms with Crippen molar-refractivity contribution in [1.82, 2.24) is 19.4 Å². The van der Waals surface area contributed by atoms with Gasteiger partial charge >= 0.3 is 0 Å². The molecule has 7 nitrogen and oxygen atoms in total. The molecule has 0 radical (unpaired) electrons. The molecule has 1 N–H and O–H groups in total. The number of hydrogen-bond donors (Lipinski definition) is 1. The number of piperidine rings is 2. The number of aliphatic hydroxyl groups is 1. The second-order valence-corrected chi connectivity index (χ2v) is 8.03. The number of anilines is 1. The van der Waals surface area contributed by atoms with Gasteiger partial charge in [0.25, 0.3) is 5.56 Å². The Morgan fingerprint density at radius 2 is 2.11 bits per heavy atom. The third-order valence-corrected chi connectivity index (χ3v) is 6.01. The van der Waals surface area contributed by atoms with Crippen molar-refractivity contribution in [3.8, 4) is 0 Å². The third-order valence-electron chi connectivity index (χ3n) is 6.01. The van der Waals surface area contributed by atoms with Crippen LogP contribution in [0, 0.1) is 5.41 Å². The first-order chi connectivity index (χ1) is 13.0. The van der Waals surface area contributed by atoms with Gasteiger partial charge in [-0.2, -0.15) is 0 Å². The summed E-state index contributed by atoms with van der Waals surface area (Å²) in [6.45, 7) is 4.10. The molecule has 0 amide bonds. The number of aliphatic hydroxyl groups excluding tert-OH is 1. The zero-order valence-electron chi connectivity index (χ0n) is 15.8. The number of aromatic nitrogens is 3. The minimum atomic E-state index is -0.339. The number of aryl methyl sites for hydroxylation is 1. The van der Waals surface area contributed by atoms with Gasteiger partial charge in [-0.05, 0) is 43.8 Å². The number of rotatable bonds is 3. The van der Waals surface area contributed by atoms with Crippen molar-refractivity contribution in [2.75, 3.05) is 31.1 Å². The van der Waals surface area contributed by atoms with E-state index in [2.05, 4.69) is 19.8 Å². The molecule has 4 rings (SSSR count). The smallest absolute Gasteiger partial charge is 0.254 e. The number of likely N-dealkylation sites (tertiary alicyclic amines) is 1. The number of pyridine rings is 1. The molecule has 2 aromatic rings. The van der Waals surface area contributed by atoms with Crippen LogP contribution in [0.2, 0.25) is 0 Å². The average molecular weight is 369 g/mol. The van der Waals surface area contributed by atoms with E-state index in [0.717, 1.165) is 50.3 Å². The Balaban J connectivity index is 1.42. The predicted octanol–water partition coefficient (Wildman–Crippen LogP) is 1.03. The summed E-state index contributed by atoms with van der Waals surface area (Å²) in [4.78, 5) is 25.4. The van der Waals surface area contributed by atoms with Crippen molar-refractivity contribution in [1.29, 1.82) is 0 Å². The zero-order valence-corrected chi connectivity index (χ0v) is 15.8. The zero-order chi connectivity index (χ0) is 18.9. The Labute approximate surface area is 159 Å². The largest absolute Gasteiger partial charge is 0.391 e. The van der Waals surface area contributed by atoms with Gasteiger partial charge in [0.2, 0.25) is 0 Å². The SMILES string of the molecule is Cn1cccc(CN2CCC3(CC2)CC(O)CN(c2cnccn2)C3)c1=O. The predicted molar refractivity (Wildman–Crippen MR) is 103 cm³/mol. The van der Waals surface area contributed by atoms with Crippen molar-refractivity contribution in [2.45, 2.75) is 31.9 Å². The minimum Gasteiger partial charge on any atom is -0.391 e. The van der Waals surface area contributed by atoms with Crippen LogP contribution >= 0.6 is 0 Å². The Morgan fingerprint density at radius 3 is 2.85 bits per heavy atom. The van der Waals surface area contributed by atoms with Gasteiger partial charge < -0.3 is 14.6 Å². The van der Waals surface area contributed by atoms with Crippen molar-refractivity contribution in [3.05, 3.63) is 52.8 Å². The lowest BCUT2D eigenvalue weighted by molar-refractivity contribution is 0.0243. The monoisotopic (exact) mass is 369 g/mol. The van der Waals surface area contributed by atoms with Gasteiger partial charge in [-0.15, -0.1) is 0 Å². The van der Waals surface area contributed by atoms with Crippen LogP contribution in [0.3, 0.4) is 0 Å². The maximum atomic E-state index is 12.3. The summed E-state index contributed by atoms with van der Waals surface area (Å²) in [5.74, 6) is 0.839. The molecule has 1 spiro atoms. The highest BCUT2D eigenvalue weighted by Crippen LogP contribution is 2.41. The highest BCUT2D eigenvalue weighted by Gasteiger charge is 2.42. The first-order valence-electron chi connectivity index (χ1n) is 9.61. The lowest BCUT2D eigenvalue weighted by atomic mass is 9.71. The van der Waals surface area contributed by atoms with E-state index in [1.807, 2.05) is 12.1 Å². The van der Waals surface area contributed by atoms with Crippen LogP contribution in [0.15, 0.2) is 41.7 Å². The topological polar surface area (TPSA) is 74.5 Å². The molecule has 2 fully saturated rings. The normalized spacial score (nSPS) is 22.9. The molecule has 144 valence electrons. The first kappa shape index (κ1) is 18.1. The van der Waals surface area contributed by atoms with Gasteiger partial charge in [0.05, 0.1) is 12.3 Å². The molecule has 1 atom stereocenters. The van der Waals surface area contributed by atoms with Crippen LogP contribution in [0.4, 0.5) is 5.82 Å². The van der Waals surface area contributed by atoms with Gasteiger partial charge in [-0.3, -0.25) is 14.7 Å². The van der Waals surface area contributed by atoms with E-state index in [1.54, 1.807) is 36.4 Å². The lowest BCUT2D eigenvalue weighted by Gasteiger charge is -2.49. The molecule has 0 aliphatic carbocycles. The number of nitrogens with zero attached hydrogens (tertiary/aromatic N) is 5. The van der Waals surface area contributed by atoms with Gasteiger partial charge in [0, 0.05) is 50.8 Å². The summed E-state index contributed by atoms with van der Waals surface area (Å²) in [6, 6.07) is 3.85. The highest BCUT2D eigenvalue weighted by atomic mass is 16.3. The standard InChI is InChI=1S/C20H27N5O2/c1-23-8-2-3-16(19(23)27)13-24-9-4-20(5-10-24)11-17(26)14-25(15-20)18-12-21-6-7-22-18/h2-3,6-8,12,17,26H,4-5,9-11,13-15H2,1H3. The molecule has 27 heavy (non-hydrogen) atoms. The molecule has 2 saturated heterocycles. The van der Waals surface area contributed by atoms with E-state index >= 15 is 0 Å². The van der Waals surface area contributed by atoms with Crippen molar-refractivity contribution >= 4 is 5.82 Å². The van der Waals surface area contributed by atoms with Crippen molar-refractivity contribution < 1.29 is 5.11 Å². The maximum absolute atomic E-state index is 12.3. The first-order valence-corrected chi connectivity index (χ1v) is 9.61. The van der Waals surface area contributed by atoms with Crippen LogP contribution in [-0.4, -0.2) is 56.8 Å². The molecule has 4 heterocycles. The molecule has 2 aromatic heterocycles. The Hall–Kier alpha value is -2.25. The van der Waals surface area contributed by atoms with Crippen LogP contribution < -0.4 is 10.5 Å². The molecule has 2 aliphatic rings. The summed E-state index contributed by atoms with van der Waals surface area (Å²) in [6.07, 6.45) is 9.48. The van der Waals surface area contributed by atoms with Crippen molar-refractivity contribution in [3.63, 3.8) is 0 Å². The average Bonchev–Trinajstić information content (AvgIpc) is 2.67. The number of hydrogen-bond acceptors (Lipinski definition) is 6. The second kappa shape index (κ2) is 7.40. The van der Waals surface area contributed by atoms with Crippen LogP contribution in [-0.2, 0) is 13.6 Å². The Kier molecular flexibility index (Phi) is 4.97. The fourth-order valence-electron chi connectivity index (χ4n) is 4.54. The van der Waals surface area contributed by atoms with Gasteiger partial charge in [0.1, 0.15) is 5.82 Å². The van der Waals surface area contributed by atoms with Gasteiger partial charge in [-0.25, -0.2) is 4.98 Å². The van der Waals surface area contributed by atoms with E-state index in [-0.39, 0.29) is 17.1 Å². The fraction of sp³-hybridized carbons (Fsp3) is 0.550. The molecule has 0 saturated carbocycles. The number of β-amino-alcohol motifs (C(OH)–C–C–N with tert-alkyl or cyclic N) is 1. The molecule has 7 heteroatoms. The van der Waals surface area contributed by atoms with E-state index in [9.17, 15) is 9.90 Å². The summed E-state index contributed by atoms with van der Waals surface area (Å²) >= 11 is 0. The molecular formula is C20H27N5O2. The van der Waals surface area contributed by atoms with E-state index in [4.69, 9.17) is 0 Å². The van der Waals surface area contributed by atoms with Crippen molar-refractivity contribution in [2.24, 2.45) is 12.5 Å². The van der Waals surface area contributed by atoms with Gasteiger partial charge in [0.15, 0.2) is 0 Å². The molecule has 1 unspecified atom stereocenters. The molecular weight excluding hydrogens is 342 g/mol. The summed E-state index contributed by atoms with van der Waals surface area (Å²) in [5.41, 5.74) is 1.04. The van der Waals surface area contributed by atoms with E-state index in [1.165, 1.54) is 0 Å². The Bertz CT molecular complexity index is 830.